The predicted molar refractivity (Wildman–Crippen MR) is 107 cm³/mol. The molecule has 0 atom stereocenters. The third kappa shape index (κ3) is 4.22. The van der Waals surface area contributed by atoms with Gasteiger partial charge in [-0.2, -0.15) is 0 Å². The molecule has 4 rings (SSSR count). The van der Waals surface area contributed by atoms with E-state index >= 15 is 0 Å². The van der Waals surface area contributed by atoms with Crippen molar-refractivity contribution in [3.8, 4) is 5.75 Å². The van der Waals surface area contributed by atoms with Crippen molar-refractivity contribution in [2.75, 3.05) is 25.0 Å². The van der Waals surface area contributed by atoms with Crippen LogP contribution in [0.15, 0.2) is 60.8 Å². The Morgan fingerprint density at radius 3 is 2.71 bits per heavy atom. The lowest BCUT2D eigenvalue weighted by atomic mass is 10.1. The van der Waals surface area contributed by atoms with Crippen LogP contribution in [0.25, 0.3) is 10.9 Å². The number of nitrogens with zero attached hydrogens (tertiary/aromatic N) is 2. The van der Waals surface area contributed by atoms with E-state index < -0.39 is 0 Å². The molecular weight excluding hydrogens is 357 g/mol. The lowest BCUT2D eigenvalue weighted by molar-refractivity contribution is -0.131. The SMILES string of the molecule is O=C(CNc1ccccc1)N1CCC(Oc2ccnc3ccc(F)cc23)CC1. The molecule has 1 aliphatic heterocycles. The number of fused-ring (bicyclic) bond motifs is 1. The largest absolute Gasteiger partial charge is 0.490 e. The topological polar surface area (TPSA) is 54.5 Å². The summed E-state index contributed by atoms with van der Waals surface area (Å²) < 4.78 is 19.7. The molecule has 1 N–H and O–H groups in total. The number of hydrogen-bond donors (Lipinski definition) is 1. The van der Waals surface area contributed by atoms with Crippen LogP contribution in [-0.4, -0.2) is 41.5 Å². The zero-order chi connectivity index (χ0) is 19.3. The molecule has 28 heavy (non-hydrogen) atoms. The Balaban J connectivity index is 1.32. The zero-order valence-corrected chi connectivity index (χ0v) is 15.5. The molecule has 0 aliphatic carbocycles. The lowest BCUT2D eigenvalue weighted by Crippen LogP contribution is -2.44. The Kier molecular flexibility index (Phi) is 5.37. The number of piperidine rings is 1. The summed E-state index contributed by atoms with van der Waals surface area (Å²) >= 11 is 0. The molecule has 1 saturated heterocycles. The summed E-state index contributed by atoms with van der Waals surface area (Å²) in [4.78, 5) is 18.5. The maximum Gasteiger partial charge on any atom is 0.241 e. The predicted octanol–water partition coefficient (Wildman–Crippen LogP) is 3.86. The number of carbonyl (C=O) groups is 1. The first-order valence-corrected chi connectivity index (χ1v) is 9.47. The fraction of sp³-hybridized carbons (Fsp3) is 0.273. The Morgan fingerprint density at radius 2 is 1.93 bits per heavy atom. The van der Waals surface area contributed by atoms with Crippen molar-refractivity contribution in [3.05, 3.63) is 66.6 Å². The molecule has 144 valence electrons. The first-order valence-electron chi connectivity index (χ1n) is 9.47. The normalized spacial score (nSPS) is 14.8. The average Bonchev–Trinajstić information content (AvgIpc) is 2.74. The molecule has 2 aromatic carbocycles. The van der Waals surface area contributed by atoms with E-state index in [0.717, 1.165) is 18.5 Å². The van der Waals surface area contributed by atoms with Crippen molar-refractivity contribution in [1.82, 2.24) is 9.88 Å². The van der Waals surface area contributed by atoms with Gasteiger partial charge in [-0.3, -0.25) is 9.78 Å². The number of carbonyl (C=O) groups excluding carboxylic acids is 1. The Bertz CT molecular complexity index is 956. The van der Waals surface area contributed by atoms with Crippen molar-refractivity contribution >= 4 is 22.5 Å². The van der Waals surface area contributed by atoms with Gasteiger partial charge in [0.15, 0.2) is 0 Å². The maximum absolute atomic E-state index is 13.6. The van der Waals surface area contributed by atoms with Gasteiger partial charge in [0, 0.05) is 43.2 Å². The van der Waals surface area contributed by atoms with Crippen LogP contribution in [0, 0.1) is 5.82 Å². The minimum absolute atomic E-state index is 0.000000120. The number of amides is 1. The van der Waals surface area contributed by atoms with Crippen molar-refractivity contribution in [3.63, 3.8) is 0 Å². The summed E-state index contributed by atoms with van der Waals surface area (Å²) in [6.45, 7) is 1.58. The van der Waals surface area contributed by atoms with Crippen LogP contribution in [0.2, 0.25) is 0 Å². The van der Waals surface area contributed by atoms with Crippen molar-refractivity contribution in [2.45, 2.75) is 18.9 Å². The molecule has 1 aliphatic rings. The van der Waals surface area contributed by atoms with Crippen LogP contribution in [0.3, 0.4) is 0 Å². The number of anilines is 1. The number of benzene rings is 2. The highest BCUT2D eigenvalue weighted by Crippen LogP contribution is 2.27. The molecule has 1 aromatic heterocycles. The third-order valence-corrected chi connectivity index (χ3v) is 4.97. The second-order valence-corrected chi connectivity index (χ2v) is 6.89. The van der Waals surface area contributed by atoms with Crippen molar-refractivity contribution in [2.24, 2.45) is 0 Å². The van der Waals surface area contributed by atoms with Crippen LogP contribution in [-0.2, 0) is 4.79 Å². The highest BCUT2D eigenvalue weighted by molar-refractivity contribution is 5.84. The van der Waals surface area contributed by atoms with Gasteiger partial charge in [-0.1, -0.05) is 18.2 Å². The number of para-hydroxylation sites is 1. The number of aromatic nitrogens is 1. The molecular formula is C22H22FN3O2. The molecule has 0 saturated carbocycles. The van der Waals surface area contributed by atoms with Gasteiger partial charge in [0.2, 0.25) is 5.91 Å². The molecule has 3 aromatic rings. The van der Waals surface area contributed by atoms with Gasteiger partial charge in [-0.25, -0.2) is 4.39 Å². The minimum Gasteiger partial charge on any atom is -0.490 e. The van der Waals surface area contributed by atoms with Crippen LogP contribution >= 0.6 is 0 Å². The van der Waals surface area contributed by atoms with E-state index in [1.54, 1.807) is 18.3 Å². The number of nitrogens with one attached hydrogen (secondary N) is 1. The summed E-state index contributed by atoms with van der Waals surface area (Å²) in [5.41, 5.74) is 1.64. The zero-order valence-electron chi connectivity index (χ0n) is 15.5. The van der Waals surface area contributed by atoms with Crippen LogP contribution in [0.4, 0.5) is 10.1 Å². The number of hydrogen-bond acceptors (Lipinski definition) is 4. The molecule has 1 fully saturated rings. The summed E-state index contributed by atoms with van der Waals surface area (Å²) in [5.74, 6) is 0.412. The molecule has 5 nitrogen and oxygen atoms in total. The average molecular weight is 379 g/mol. The fourth-order valence-corrected chi connectivity index (χ4v) is 3.44. The first-order chi connectivity index (χ1) is 13.7. The number of ether oxygens (including phenoxy) is 1. The van der Waals surface area contributed by atoms with Crippen molar-refractivity contribution in [1.29, 1.82) is 0 Å². The second kappa shape index (κ2) is 8.25. The molecule has 0 unspecified atom stereocenters. The van der Waals surface area contributed by atoms with Gasteiger partial charge in [-0.05, 0) is 36.4 Å². The molecule has 6 heteroatoms. The Labute approximate surface area is 163 Å². The third-order valence-electron chi connectivity index (χ3n) is 4.97. The standard InChI is InChI=1S/C22H22FN3O2/c23-16-6-7-20-19(14-16)21(8-11-24-20)28-18-9-12-26(13-10-18)22(27)15-25-17-4-2-1-3-5-17/h1-8,11,14,18,25H,9-10,12-13,15H2. The Morgan fingerprint density at radius 1 is 1.14 bits per heavy atom. The van der Waals surface area contributed by atoms with E-state index in [0.29, 0.717) is 29.7 Å². The number of likely N-dealkylation sites (tertiary alicyclic amines) is 1. The highest BCUT2D eigenvalue weighted by atomic mass is 19.1. The second-order valence-electron chi connectivity index (χ2n) is 6.89. The molecule has 0 radical (unpaired) electrons. The van der Waals surface area contributed by atoms with Gasteiger partial charge >= 0.3 is 0 Å². The lowest BCUT2D eigenvalue weighted by Gasteiger charge is -2.32. The van der Waals surface area contributed by atoms with E-state index in [4.69, 9.17) is 4.74 Å². The molecule has 0 bridgehead atoms. The van der Waals surface area contributed by atoms with Gasteiger partial charge < -0.3 is 15.0 Å². The molecule has 2 heterocycles. The number of pyridine rings is 1. The van der Waals surface area contributed by atoms with E-state index in [2.05, 4.69) is 10.3 Å². The Hall–Kier alpha value is -3.15. The maximum atomic E-state index is 13.6. The minimum atomic E-state index is -0.309. The van der Waals surface area contributed by atoms with E-state index in [9.17, 15) is 9.18 Å². The summed E-state index contributed by atoms with van der Waals surface area (Å²) in [6.07, 6.45) is 3.16. The quantitative estimate of drug-likeness (QED) is 0.732. The highest BCUT2D eigenvalue weighted by Gasteiger charge is 2.24. The van der Waals surface area contributed by atoms with Crippen LogP contribution < -0.4 is 10.1 Å². The smallest absolute Gasteiger partial charge is 0.241 e. The monoisotopic (exact) mass is 379 g/mol. The van der Waals surface area contributed by atoms with Gasteiger partial charge in [0.1, 0.15) is 17.7 Å². The summed E-state index contributed by atoms with van der Waals surface area (Å²) in [7, 11) is 0. The molecule has 0 spiro atoms. The summed E-state index contributed by atoms with van der Waals surface area (Å²) in [5, 5.41) is 3.83. The number of halogens is 1. The molecule has 1 amide bonds. The van der Waals surface area contributed by atoms with Crippen LogP contribution in [0.5, 0.6) is 5.75 Å². The van der Waals surface area contributed by atoms with Crippen LogP contribution in [0.1, 0.15) is 12.8 Å². The van der Waals surface area contributed by atoms with E-state index in [1.807, 2.05) is 35.2 Å². The summed E-state index contributed by atoms with van der Waals surface area (Å²) in [6, 6.07) is 16.0. The van der Waals surface area contributed by atoms with E-state index in [1.165, 1.54) is 12.1 Å². The van der Waals surface area contributed by atoms with Gasteiger partial charge in [0.25, 0.3) is 0 Å². The fourth-order valence-electron chi connectivity index (χ4n) is 3.44. The van der Waals surface area contributed by atoms with E-state index in [-0.39, 0.29) is 24.4 Å². The van der Waals surface area contributed by atoms with Gasteiger partial charge in [-0.15, -0.1) is 0 Å². The number of rotatable bonds is 5. The van der Waals surface area contributed by atoms with Gasteiger partial charge in [0.05, 0.1) is 12.1 Å². The van der Waals surface area contributed by atoms with Crippen molar-refractivity contribution < 1.29 is 13.9 Å². The first kappa shape index (κ1) is 18.2.